The van der Waals surface area contributed by atoms with Crippen molar-refractivity contribution >= 4 is 21.6 Å². The molecule has 6 heteroatoms. The van der Waals surface area contributed by atoms with Crippen molar-refractivity contribution in [3.8, 4) is 0 Å². The van der Waals surface area contributed by atoms with Gasteiger partial charge < -0.3 is 0 Å². The monoisotopic (exact) mass is 344 g/mol. The van der Waals surface area contributed by atoms with E-state index in [0.717, 1.165) is 32.4 Å². The average Bonchev–Trinajstić information content (AvgIpc) is 2.50. The molecule has 1 fully saturated rings. The lowest BCUT2D eigenvalue weighted by molar-refractivity contribution is 0.144. The van der Waals surface area contributed by atoms with Crippen LogP contribution in [-0.2, 0) is 10.0 Å². The van der Waals surface area contributed by atoms with Gasteiger partial charge in [0.1, 0.15) is 0 Å². The van der Waals surface area contributed by atoms with Crippen LogP contribution in [0.2, 0.25) is 5.02 Å². The molecule has 0 aliphatic heterocycles. The Morgan fingerprint density at radius 2 is 1.73 bits per heavy atom. The Bertz CT molecular complexity index is 570. The second-order valence-corrected chi connectivity index (χ2v) is 7.91. The fourth-order valence-corrected chi connectivity index (χ4v) is 4.69. The maximum absolute atomic E-state index is 12.6. The molecule has 1 N–H and O–H groups in total. The number of halogens is 1. The molecule has 124 valence electrons. The van der Waals surface area contributed by atoms with E-state index in [2.05, 4.69) is 23.5 Å². The molecule has 0 aromatic heterocycles. The number of hydrogen-bond donors (Lipinski definition) is 1. The van der Waals surface area contributed by atoms with E-state index in [1.165, 1.54) is 6.42 Å². The molecular formula is C16H25ClN2O2S. The molecule has 0 heterocycles. The van der Waals surface area contributed by atoms with Crippen molar-refractivity contribution < 1.29 is 8.42 Å². The van der Waals surface area contributed by atoms with Crippen molar-refractivity contribution in [3.63, 3.8) is 0 Å². The van der Waals surface area contributed by atoms with Gasteiger partial charge in [-0.1, -0.05) is 38.3 Å². The minimum atomic E-state index is -3.49. The Morgan fingerprint density at radius 1 is 1.14 bits per heavy atom. The molecule has 2 rings (SSSR count). The van der Waals surface area contributed by atoms with Crippen molar-refractivity contribution in [3.05, 3.63) is 29.3 Å². The van der Waals surface area contributed by atoms with Crippen LogP contribution in [0.4, 0.5) is 0 Å². The summed E-state index contributed by atoms with van der Waals surface area (Å²) in [5.41, 5.74) is 0. The van der Waals surface area contributed by atoms with Crippen molar-refractivity contribution in [2.45, 2.75) is 56.5 Å². The number of rotatable bonds is 6. The Morgan fingerprint density at radius 3 is 2.32 bits per heavy atom. The Kier molecular flexibility index (Phi) is 6.26. The minimum Gasteiger partial charge on any atom is -0.299 e. The molecule has 0 radical (unpaired) electrons. The number of sulfonamides is 1. The SMILES string of the molecule is CCN(CC)[C@@H]1CCCC[C@H]1NS(=O)(=O)c1ccc(Cl)cc1. The summed E-state index contributed by atoms with van der Waals surface area (Å²) in [4.78, 5) is 2.63. The van der Waals surface area contributed by atoms with E-state index < -0.39 is 10.0 Å². The highest BCUT2D eigenvalue weighted by atomic mass is 35.5. The fraction of sp³-hybridized carbons (Fsp3) is 0.625. The van der Waals surface area contributed by atoms with E-state index >= 15 is 0 Å². The zero-order valence-corrected chi connectivity index (χ0v) is 14.8. The quantitative estimate of drug-likeness (QED) is 0.861. The van der Waals surface area contributed by atoms with E-state index in [-0.39, 0.29) is 17.0 Å². The first kappa shape index (κ1) is 17.7. The number of hydrogen-bond acceptors (Lipinski definition) is 3. The summed E-state index contributed by atoms with van der Waals surface area (Å²) in [7, 11) is -3.49. The van der Waals surface area contributed by atoms with Gasteiger partial charge in [-0.25, -0.2) is 13.1 Å². The van der Waals surface area contributed by atoms with Crippen LogP contribution in [0.1, 0.15) is 39.5 Å². The van der Waals surface area contributed by atoms with Gasteiger partial charge in [0.15, 0.2) is 0 Å². The third-order valence-corrected chi connectivity index (χ3v) is 6.20. The molecule has 1 saturated carbocycles. The molecule has 1 aliphatic rings. The maximum Gasteiger partial charge on any atom is 0.240 e. The van der Waals surface area contributed by atoms with E-state index in [1.807, 2.05) is 0 Å². The summed E-state index contributed by atoms with van der Waals surface area (Å²) >= 11 is 5.83. The van der Waals surface area contributed by atoms with Gasteiger partial charge in [-0.15, -0.1) is 0 Å². The van der Waals surface area contributed by atoms with Crippen molar-refractivity contribution in [2.75, 3.05) is 13.1 Å². The summed E-state index contributed by atoms with van der Waals surface area (Å²) in [5.74, 6) is 0. The third-order valence-electron chi connectivity index (χ3n) is 4.44. The standard InChI is InChI=1S/C16H25ClN2O2S/c1-3-19(4-2)16-8-6-5-7-15(16)18-22(20,21)14-11-9-13(17)10-12-14/h9-12,15-16,18H,3-8H2,1-2H3/t15-,16-/m1/s1. The summed E-state index contributed by atoms with van der Waals surface area (Å²) in [6.07, 6.45) is 4.19. The molecule has 0 saturated heterocycles. The molecule has 1 aliphatic carbocycles. The zero-order valence-electron chi connectivity index (χ0n) is 13.3. The maximum atomic E-state index is 12.6. The Labute approximate surface area is 138 Å². The van der Waals surface area contributed by atoms with Gasteiger partial charge in [-0.05, 0) is 50.2 Å². The molecule has 0 amide bonds. The lowest BCUT2D eigenvalue weighted by atomic mass is 9.90. The van der Waals surface area contributed by atoms with Crippen LogP contribution < -0.4 is 4.72 Å². The summed E-state index contributed by atoms with van der Waals surface area (Å²) in [6, 6.07) is 6.59. The van der Waals surface area contributed by atoms with E-state index in [0.29, 0.717) is 5.02 Å². The lowest BCUT2D eigenvalue weighted by Crippen LogP contribution is -2.53. The first-order valence-corrected chi connectivity index (χ1v) is 9.86. The third kappa shape index (κ3) is 4.22. The molecule has 0 bridgehead atoms. The number of nitrogens with one attached hydrogen (secondary N) is 1. The van der Waals surface area contributed by atoms with Crippen LogP contribution >= 0.6 is 11.6 Å². The van der Waals surface area contributed by atoms with Gasteiger partial charge in [0.2, 0.25) is 10.0 Å². The summed E-state index contributed by atoms with van der Waals surface area (Å²) in [6.45, 7) is 6.15. The summed E-state index contributed by atoms with van der Waals surface area (Å²) in [5, 5.41) is 0.539. The topological polar surface area (TPSA) is 49.4 Å². The largest absolute Gasteiger partial charge is 0.299 e. The van der Waals surface area contributed by atoms with Gasteiger partial charge >= 0.3 is 0 Å². The minimum absolute atomic E-state index is 0.0191. The predicted molar refractivity (Wildman–Crippen MR) is 90.7 cm³/mol. The van der Waals surface area contributed by atoms with Gasteiger partial charge in [0.25, 0.3) is 0 Å². The second kappa shape index (κ2) is 7.77. The van der Waals surface area contributed by atoms with Crippen LogP contribution in [0.5, 0.6) is 0 Å². The van der Waals surface area contributed by atoms with Crippen LogP contribution in [0.15, 0.2) is 29.2 Å². The van der Waals surface area contributed by atoms with Crippen molar-refractivity contribution in [1.82, 2.24) is 9.62 Å². The Balaban J connectivity index is 2.17. The molecule has 0 unspecified atom stereocenters. The average molecular weight is 345 g/mol. The number of likely N-dealkylation sites (N-methyl/N-ethyl adjacent to an activating group) is 1. The van der Waals surface area contributed by atoms with Gasteiger partial charge in [-0.2, -0.15) is 0 Å². The van der Waals surface area contributed by atoms with Crippen molar-refractivity contribution in [1.29, 1.82) is 0 Å². The van der Waals surface area contributed by atoms with Crippen molar-refractivity contribution in [2.24, 2.45) is 0 Å². The zero-order chi connectivity index (χ0) is 16.2. The van der Waals surface area contributed by atoms with Gasteiger partial charge in [-0.3, -0.25) is 4.90 Å². The lowest BCUT2D eigenvalue weighted by Gasteiger charge is -2.39. The molecule has 2 atom stereocenters. The second-order valence-electron chi connectivity index (χ2n) is 5.75. The molecule has 0 spiro atoms. The molecular weight excluding hydrogens is 320 g/mol. The van der Waals surface area contributed by atoms with Crippen LogP contribution in [0.25, 0.3) is 0 Å². The number of benzene rings is 1. The highest BCUT2D eigenvalue weighted by Crippen LogP contribution is 2.25. The van der Waals surface area contributed by atoms with Crippen LogP contribution in [0.3, 0.4) is 0 Å². The Hall–Kier alpha value is -0.620. The highest BCUT2D eigenvalue weighted by molar-refractivity contribution is 7.89. The first-order chi connectivity index (χ1) is 10.5. The first-order valence-electron chi connectivity index (χ1n) is 8.00. The highest BCUT2D eigenvalue weighted by Gasteiger charge is 2.32. The van der Waals surface area contributed by atoms with E-state index in [1.54, 1.807) is 24.3 Å². The van der Waals surface area contributed by atoms with Gasteiger partial charge in [0, 0.05) is 17.1 Å². The van der Waals surface area contributed by atoms with Crippen LogP contribution in [-0.4, -0.2) is 38.5 Å². The van der Waals surface area contributed by atoms with Crippen LogP contribution in [0, 0.1) is 0 Å². The summed E-state index contributed by atoms with van der Waals surface area (Å²) < 4.78 is 28.1. The van der Waals surface area contributed by atoms with E-state index in [4.69, 9.17) is 11.6 Å². The van der Waals surface area contributed by atoms with Gasteiger partial charge in [0.05, 0.1) is 4.90 Å². The normalized spacial score (nSPS) is 22.9. The number of nitrogens with zero attached hydrogens (tertiary/aromatic N) is 1. The predicted octanol–water partition coefficient (Wildman–Crippen LogP) is 3.27. The molecule has 1 aromatic rings. The molecule has 4 nitrogen and oxygen atoms in total. The van der Waals surface area contributed by atoms with E-state index in [9.17, 15) is 8.42 Å². The smallest absolute Gasteiger partial charge is 0.240 e. The molecule has 22 heavy (non-hydrogen) atoms. The fourth-order valence-electron chi connectivity index (χ4n) is 3.26. The molecule has 1 aromatic carbocycles.